The summed E-state index contributed by atoms with van der Waals surface area (Å²) in [7, 11) is 1.67. The first kappa shape index (κ1) is 9.27. The molecule has 0 spiro atoms. The third-order valence-electron chi connectivity index (χ3n) is 2.18. The van der Waals surface area contributed by atoms with E-state index in [1.54, 1.807) is 7.11 Å². The Hall–Kier alpha value is -1.29. The zero-order valence-electron chi connectivity index (χ0n) is 8.20. The van der Waals surface area contributed by atoms with Gasteiger partial charge in [-0.1, -0.05) is 18.3 Å². The maximum absolute atomic E-state index is 5.67. The van der Waals surface area contributed by atoms with Gasteiger partial charge in [0.2, 0.25) is 0 Å². The normalized spacial score (nSPS) is 10.7. The third-order valence-corrected chi connectivity index (χ3v) is 3.01. The molecule has 0 bridgehead atoms. The number of hydrogen-bond acceptors (Lipinski definition) is 4. The molecular formula is C10H12N2OS. The first-order chi connectivity index (χ1) is 6.74. The Morgan fingerprint density at radius 3 is 2.93 bits per heavy atom. The fraction of sp³-hybridized carbons (Fsp3) is 0.300. The molecular weight excluding hydrogens is 196 g/mol. The number of anilines is 1. The van der Waals surface area contributed by atoms with Crippen LogP contribution in [-0.2, 0) is 6.42 Å². The second-order valence-corrected chi connectivity index (χ2v) is 4.10. The lowest BCUT2D eigenvalue weighted by Gasteiger charge is -2.02. The van der Waals surface area contributed by atoms with Gasteiger partial charge in [0.25, 0.3) is 0 Å². The van der Waals surface area contributed by atoms with Crippen LogP contribution in [0, 0.1) is 0 Å². The lowest BCUT2D eigenvalue weighted by atomic mass is 10.1. The average molecular weight is 208 g/mol. The quantitative estimate of drug-likeness (QED) is 0.824. The molecule has 1 aromatic heterocycles. The van der Waals surface area contributed by atoms with Crippen LogP contribution in [0.25, 0.3) is 10.2 Å². The van der Waals surface area contributed by atoms with E-state index in [0.717, 1.165) is 22.4 Å². The molecule has 1 heterocycles. The van der Waals surface area contributed by atoms with Gasteiger partial charge >= 0.3 is 0 Å². The van der Waals surface area contributed by atoms with E-state index in [1.807, 2.05) is 12.1 Å². The second-order valence-electron chi connectivity index (χ2n) is 3.04. The number of nitrogen functional groups attached to an aromatic ring is 1. The van der Waals surface area contributed by atoms with Gasteiger partial charge in [0.15, 0.2) is 5.13 Å². The molecule has 3 nitrogen and oxygen atoms in total. The van der Waals surface area contributed by atoms with Gasteiger partial charge in [-0.05, 0) is 24.1 Å². The number of aryl methyl sites for hydroxylation is 1. The van der Waals surface area contributed by atoms with E-state index >= 15 is 0 Å². The van der Waals surface area contributed by atoms with Gasteiger partial charge < -0.3 is 10.5 Å². The van der Waals surface area contributed by atoms with Gasteiger partial charge in [-0.2, -0.15) is 0 Å². The summed E-state index contributed by atoms with van der Waals surface area (Å²) in [5.74, 6) is 0.873. The van der Waals surface area contributed by atoms with Crippen molar-refractivity contribution in [1.29, 1.82) is 0 Å². The van der Waals surface area contributed by atoms with E-state index in [0.29, 0.717) is 5.13 Å². The van der Waals surface area contributed by atoms with E-state index in [2.05, 4.69) is 11.9 Å². The minimum atomic E-state index is 0.614. The fourth-order valence-corrected chi connectivity index (χ4v) is 2.29. The Morgan fingerprint density at radius 2 is 2.29 bits per heavy atom. The largest absolute Gasteiger partial charge is 0.497 e. The van der Waals surface area contributed by atoms with Crippen molar-refractivity contribution in [3.63, 3.8) is 0 Å². The number of aromatic nitrogens is 1. The van der Waals surface area contributed by atoms with Crippen molar-refractivity contribution in [2.45, 2.75) is 13.3 Å². The molecule has 74 valence electrons. The van der Waals surface area contributed by atoms with E-state index in [-0.39, 0.29) is 0 Å². The topological polar surface area (TPSA) is 48.1 Å². The van der Waals surface area contributed by atoms with Crippen molar-refractivity contribution in [3.05, 3.63) is 17.7 Å². The molecule has 0 amide bonds. The van der Waals surface area contributed by atoms with Gasteiger partial charge in [-0.25, -0.2) is 4.98 Å². The Balaban J connectivity index is 2.72. The number of benzene rings is 1. The Kier molecular flexibility index (Phi) is 2.29. The summed E-state index contributed by atoms with van der Waals surface area (Å²) in [4.78, 5) is 4.30. The first-order valence-corrected chi connectivity index (χ1v) is 5.29. The summed E-state index contributed by atoms with van der Waals surface area (Å²) in [5.41, 5.74) is 7.87. The molecule has 0 unspecified atom stereocenters. The highest BCUT2D eigenvalue weighted by molar-refractivity contribution is 7.22. The Morgan fingerprint density at radius 1 is 1.50 bits per heavy atom. The van der Waals surface area contributed by atoms with Gasteiger partial charge in [0.05, 0.1) is 17.3 Å². The predicted octanol–water partition coefficient (Wildman–Crippen LogP) is 2.45. The van der Waals surface area contributed by atoms with E-state index in [1.165, 1.54) is 16.9 Å². The Bertz CT molecular complexity index is 464. The number of fused-ring (bicyclic) bond motifs is 1. The second kappa shape index (κ2) is 3.46. The zero-order chi connectivity index (χ0) is 10.1. The van der Waals surface area contributed by atoms with Crippen LogP contribution in [-0.4, -0.2) is 12.1 Å². The van der Waals surface area contributed by atoms with E-state index in [4.69, 9.17) is 10.5 Å². The minimum absolute atomic E-state index is 0.614. The van der Waals surface area contributed by atoms with Crippen LogP contribution in [0.1, 0.15) is 12.5 Å². The number of nitrogens with zero attached hydrogens (tertiary/aromatic N) is 1. The molecule has 2 rings (SSSR count). The van der Waals surface area contributed by atoms with Crippen molar-refractivity contribution in [2.75, 3.05) is 12.8 Å². The maximum atomic E-state index is 5.67. The first-order valence-electron chi connectivity index (χ1n) is 4.47. The summed E-state index contributed by atoms with van der Waals surface area (Å²) in [5, 5.41) is 0.614. The maximum Gasteiger partial charge on any atom is 0.181 e. The van der Waals surface area contributed by atoms with Crippen molar-refractivity contribution >= 4 is 26.7 Å². The van der Waals surface area contributed by atoms with Crippen LogP contribution in [0.5, 0.6) is 5.75 Å². The van der Waals surface area contributed by atoms with Crippen molar-refractivity contribution < 1.29 is 4.74 Å². The summed E-state index contributed by atoms with van der Waals surface area (Å²) < 4.78 is 6.31. The molecule has 4 heteroatoms. The fourth-order valence-electron chi connectivity index (χ4n) is 1.48. The molecule has 0 saturated heterocycles. The van der Waals surface area contributed by atoms with Crippen LogP contribution in [0.2, 0.25) is 0 Å². The number of methoxy groups -OCH3 is 1. The van der Waals surface area contributed by atoms with Gasteiger partial charge in [0, 0.05) is 0 Å². The van der Waals surface area contributed by atoms with Crippen molar-refractivity contribution in [2.24, 2.45) is 0 Å². The highest BCUT2D eigenvalue weighted by Crippen LogP contribution is 2.30. The van der Waals surface area contributed by atoms with Crippen LogP contribution < -0.4 is 10.5 Å². The van der Waals surface area contributed by atoms with Gasteiger partial charge in [-0.15, -0.1) is 0 Å². The summed E-state index contributed by atoms with van der Waals surface area (Å²) >= 11 is 1.50. The zero-order valence-corrected chi connectivity index (χ0v) is 9.02. The van der Waals surface area contributed by atoms with Crippen LogP contribution in [0.3, 0.4) is 0 Å². The average Bonchev–Trinajstić information content (AvgIpc) is 2.56. The molecule has 0 saturated carbocycles. The van der Waals surface area contributed by atoms with E-state index in [9.17, 15) is 0 Å². The summed E-state index contributed by atoms with van der Waals surface area (Å²) in [6.45, 7) is 2.10. The highest BCUT2D eigenvalue weighted by atomic mass is 32.1. The van der Waals surface area contributed by atoms with Crippen LogP contribution >= 0.6 is 11.3 Å². The molecule has 2 N–H and O–H groups in total. The number of rotatable bonds is 2. The molecule has 2 aromatic rings. The standard InChI is InChI=1S/C10H12N2OS/c1-3-6-4-7(13-2)5-8-9(6)12-10(11)14-8/h4-5H,3H2,1-2H3,(H2,11,12). The molecule has 0 fully saturated rings. The van der Waals surface area contributed by atoms with E-state index < -0.39 is 0 Å². The molecule has 14 heavy (non-hydrogen) atoms. The molecule has 1 aromatic carbocycles. The molecule has 0 radical (unpaired) electrons. The van der Waals surface area contributed by atoms with Gasteiger partial charge in [0.1, 0.15) is 5.75 Å². The van der Waals surface area contributed by atoms with Crippen molar-refractivity contribution in [3.8, 4) is 5.75 Å². The molecule has 0 aliphatic heterocycles. The van der Waals surface area contributed by atoms with Crippen molar-refractivity contribution in [1.82, 2.24) is 4.98 Å². The highest BCUT2D eigenvalue weighted by Gasteiger charge is 2.07. The smallest absolute Gasteiger partial charge is 0.181 e. The minimum Gasteiger partial charge on any atom is -0.497 e. The third kappa shape index (κ3) is 1.42. The lowest BCUT2D eigenvalue weighted by Crippen LogP contribution is -1.88. The molecule has 0 atom stereocenters. The summed E-state index contributed by atoms with van der Waals surface area (Å²) in [6, 6.07) is 3.99. The summed E-state index contributed by atoms with van der Waals surface area (Å²) in [6.07, 6.45) is 0.941. The van der Waals surface area contributed by atoms with Crippen LogP contribution in [0.4, 0.5) is 5.13 Å². The Labute approximate surface area is 86.5 Å². The number of nitrogens with two attached hydrogens (primary N) is 1. The van der Waals surface area contributed by atoms with Gasteiger partial charge in [-0.3, -0.25) is 0 Å². The number of hydrogen-bond donors (Lipinski definition) is 1. The number of thiazole rings is 1. The molecule has 0 aliphatic rings. The van der Waals surface area contributed by atoms with Crippen LogP contribution in [0.15, 0.2) is 12.1 Å². The monoisotopic (exact) mass is 208 g/mol. The molecule has 0 aliphatic carbocycles. The lowest BCUT2D eigenvalue weighted by molar-refractivity contribution is 0.415. The predicted molar refractivity (Wildman–Crippen MR) is 60.0 cm³/mol. The SMILES string of the molecule is CCc1cc(OC)cc2sc(N)nc12. The number of ether oxygens (including phenoxy) is 1.